The molecule has 0 spiro atoms. The number of nitrogens with two attached hydrogens (primary N) is 1. The summed E-state index contributed by atoms with van der Waals surface area (Å²) in [4.78, 5) is 18.6. The topological polar surface area (TPSA) is 92.0 Å². The minimum Gasteiger partial charge on any atom is -0.379 e. The van der Waals surface area contributed by atoms with Crippen molar-refractivity contribution in [3.8, 4) is 0 Å². The smallest absolute Gasteiger partial charge is 0.321 e. The summed E-state index contributed by atoms with van der Waals surface area (Å²) in [6.07, 6.45) is 15.0. The van der Waals surface area contributed by atoms with Gasteiger partial charge in [-0.1, -0.05) is 51.9 Å². The normalized spacial score (nSPS) is 15.1. The van der Waals surface area contributed by atoms with Gasteiger partial charge < -0.3 is 15.8 Å². The molecule has 1 saturated heterocycles. The Morgan fingerprint density at radius 3 is 2.34 bits per heavy atom. The van der Waals surface area contributed by atoms with Crippen molar-refractivity contribution in [1.82, 2.24) is 15.5 Å². The summed E-state index contributed by atoms with van der Waals surface area (Å²) in [5.41, 5.74) is 5.81. The van der Waals surface area contributed by atoms with E-state index < -0.39 is 0 Å². The molecule has 0 aliphatic carbocycles. The highest BCUT2D eigenvalue weighted by molar-refractivity contribution is 7.99. The molecule has 0 unspecified atom stereocenters. The summed E-state index contributed by atoms with van der Waals surface area (Å²) in [7, 11) is 0. The van der Waals surface area contributed by atoms with Crippen LogP contribution >= 0.6 is 11.8 Å². The second-order valence-corrected chi connectivity index (χ2v) is 9.83. The van der Waals surface area contributed by atoms with Crippen LogP contribution in [0.4, 0.5) is 4.79 Å². The molecule has 1 heterocycles. The van der Waals surface area contributed by atoms with Crippen molar-refractivity contribution in [1.29, 1.82) is 0 Å². The number of nitrogens with zero attached hydrogens (tertiary/aromatic N) is 2. The molecule has 0 radical (unpaired) electrons. The third-order valence-electron chi connectivity index (χ3n) is 5.65. The molecule has 0 saturated carbocycles. The monoisotopic (exact) mass is 471 g/mol. The molecule has 1 rings (SSSR count). The van der Waals surface area contributed by atoms with Crippen LogP contribution in [-0.2, 0) is 4.74 Å². The quantitative estimate of drug-likeness (QED) is 0.148. The molecule has 0 aromatic carbocycles. The molecule has 0 aromatic rings. The first-order chi connectivity index (χ1) is 15.7. The first kappa shape index (κ1) is 29.0. The average molecular weight is 472 g/mol. The van der Waals surface area contributed by atoms with Crippen LogP contribution in [0.3, 0.4) is 0 Å². The Morgan fingerprint density at radius 2 is 1.59 bits per heavy atom. The number of unbranched alkanes of at least 4 members (excludes halogenated alkanes) is 9. The van der Waals surface area contributed by atoms with Gasteiger partial charge in [0.05, 0.1) is 13.2 Å². The molecule has 8 heteroatoms. The van der Waals surface area contributed by atoms with E-state index in [1.54, 1.807) is 0 Å². The number of thioether (sulfide) groups is 1. The summed E-state index contributed by atoms with van der Waals surface area (Å²) in [6.45, 7) is 8.50. The van der Waals surface area contributed by atoms with E-state index in [0.29, 0.717) is 13.1 Å². The minimum atomic E-state index is -0.260. The fourth-order valence-corrected chi connectivity index (χ4v) is 4.66. The van der Waals surface area contributed by atoms with Gasteiger partial charge in [0.1, 0.15) is 0 Å². The highest BCUT2D eigenvalue weighted by Gasteiger charge is 2.09. The van der Waals surface area contributed by atoms with Crippen molar-refractivity contribution in [2.24, 2.45) is 10.7 Å². The van der Waals surface area contributed by atoms with E-state index in [1.807, 2.05) is 11.8 Å². The number of aliphatic imine (C=N–C) groups is 1. The van der Waals surface area contributed by atoms with Crippen molar-refractivity contribution in [2.45, 2.75) is 84.0 Å². The Labute approximate surface area is 201 Å². The van der Waals surface area contributed by atoms with E-state index in [1.165, 1.54) is 56.5 Å². The predicted molar refractivity (Wildman–Crippen MR) is 139 cm³/mol. The van der Waals surface area contributed by atoms with Gasteiger partial charge in [-0.2, -0.15) is 11.8 Å². The molecular formula is C24H49N5O2S. The second-order valence-electron chi connectivity index (χ2n) is 8.60. The van der Waals surface area contributed by atoms with Gasteiger partial charge in [0.15, 0.2) is 5.96 Å². The number of morpholine rings is 1. The van der Waals surface area contributed by atoms with E-state index in [4.69, 9.17) is 10.5 Å². The number of hydrogen-bond acceptors (Lipinski definition) is 5. The van der Waals surface area contributed by atoms with Gasteiger partial charge in [-0.05, 0) is 50.2 Å². The molecule has 4 N–H and O–H groups in total. The van der Waals surface area contributed by atoms with E-state index in [9.17, 15) is 4.79 Å². The van der Waals surface area contributed by atoms with E-state index in [0.717, 1.165) is 65.0 Å². The summed E-state index contributed by atoms with van der Waals surface area (Å²) in [5.74, 6) is 2.67. The van der Waals surface area contributed by atoms with Crippen LogP contribution in [-0.4, -0.2) is 74.3 Å². The zero-order valence-corrected chi connectivity index (χ0v) is 21.4. The van der Waals surface area contributed by atoms with Gasteiger partial charge in [-0.25, -0.2) is 4.79 Å². The summed E-state index contributed by atoms with van der Waals surface area (Å²) >= 11 is 2.05. The Bertz CT molecular complexity index is 473. The number of nitrogens with one attached hydrogen (secondary N) is 2. The summed E-state index contributed by atoms with van der Waals surface area (Å²) in [5, 5.41) is 5.47. The molecule has 0 bridgehead atoms. The molecule has 2 amide bonds. The lowest BCUT2D eigenvalue weighted by molar-refractivity contribution is 0.0371. The lowest BCUT2D eigenvalue weighted by Gasteiger charge is -2.26. The Hall–Kier alpha value is -0.990. The van der Waals surface area contributed by atoms with Crippen molar-refractivity contribution in [3.05, 3.63) is 0 Å². The van der Waals surface area contributed by atoms with Crippen molar-refractivity contribution in [3.63, 3.8) is 0 Å². The molecule has 1 fully saturated rings. The van der Waals surface area contributed by atoms with Crippen molar-refractivity contribution in [2.75, 3.05) is 57.4 Å². The summed E-state index contributed by atoms with van der Waals surface area (Å²) < 4.78 is 5.36. The Balaban J connectivity index is 1.84. The molecule has 7 nitrogen and oxygen atoms in total. The third-order valence-corrected chi connectivity index (χ3v) is 6.81. The molecule has 32 heavy (non-hydrogen) atoms. The first-order valence-electron chi connectivity index (χ1n) is 12.9. The number of hydrogen-bond donors (Lipinski definition) is 3. The van der Waals surface area contributed by atoms with E-state index in [-0.39, 0.29) is 12.0 Å². The van der Waals surface area contributed by atoms with Crippen molar-refractivity contribution >= 4 is 23.8 Å². The second kappa shape index (κ2) is 21.8. The Morgan fingerprint density at radius 1 is 0.938 bits per heavy atom. The van der Waals surface area contributed by atoms with Crippen LogP contribution in [0.5, 0.6) is 0 Å². The van der Waals surface area contributed by atoms with Gasteiger partial charge >= 0.3 is 6.03 Å². The van der Waals surface area contributed by atoms with Crippen molar-refractivity contribution < 1.29 is 9.53 Å². The molecule has 0 aromatic heterocycles. The van der Waals surface area contributed by atoms with Gasteiger partial charge in [0, 0.05) is 26.2 Å². The molecular weight excluding hydrogens is 422 g/mol. The van der Waals surface area contributed by atoms with Crippen LogP contribution < -0.4 is 16.4 Å². The zero-order valence-electron chi connectivity index (χ0n) is 20.5. The fraction of sp³-hybridized carbons (Fsp3) is 0.917. The third kappa shape index (κ3) is 18.6. The van der Waals surface area contributed by atoms with Crippen LogP contribution in [0.15, 0.2) is 4.99 Å². The number of rotatable bonds is 19. The largest absolute Gasteiger partial charge is 0.379 e. The highest BCUT2D eigenvalue weighted by atomic mass is 32.2. The maximum absolute atomic E-state index is 11.9. The van der Waals surface area contributed by atoms with Gasteiger partial charge in [-0.15, -0.1) is 0 Å². The van der Waals surface area contributed by atoms with Gasteiger partial charge in [0.25, 0.3) is 0 Å². The van der Waals surface area contributed by atoms with Crippen LogP contribution in [0, 0.1) is 0 Å². The SMILES string of the molecule is CCCCCCCCCSCCCCN=C(N)NC(=O)NCCCCCN1CCOCC1. The predicted octanol–water partition coefficient (Wildman–Crippen LogP) is 4.37. The zero-order chi connectivity index (χ0) is 23.1. The lowest BCUT2D eigenvalue weighted by Crippen LogP contribution is -2.43. The number of carbonyl (C=O) groups is 1. The Kier molecular flexibility index (Phi) is 19.8. The molecule has 1 aliphatic rings. The van der Waals surface area contributed by atoms with Gasteiger partial charge in [0.2, 0.25) is 0 Å². The number of urea groups is 1. The van der Waals surface area contributed by atoms with Crippen LogP contribution in [0.1, 0.15) is 84.0 Å². The summed E-state index contributed by atoms with van der Waals surface area (Å²) in [6, 6.07) is -0.260. The van der Waals surface area contributed by atoms with Gasteiger partial charge in [-0.3, -0.25) is 15.2 Å². The fourth-order valence-electron chi connectivity index (χ4n) is 3.64. The van der Waals surface area contributed by atoms with E-state index in [2.05, 4.69) is 27.4 Å². The number of carbonyl (C=O) groups excluding carboxylic acids is 1. The molecule has 1 aliphatic heterocycles. The maximum Gasteiger partial charge on any atom is 0.321 e. The standard InChI is InChI=1S/C24H49N5O2S/c1-2-3-4-5-6-7-12-21-32-22-13-10-14-26-23(25)28-24(30)27-15-9-8-11-16-29-17-19-31-20-18-29/h2-22H2,1H3,(H4,25,26,27,28,30). The number of ether oxygens (including phenoxy) is 1. The molecule has 188 valence electrons. The number of amides is 2. The molecule has 0 atom stereocenters. The average Bonchev–Trinajstić information content (AvgIpc) is 2.80. The lowest BCUT2D eigenvalue weighted by atomic mass is 10.1. The minimum absolute atomic E-state index is 0.213. The van der Waals surface area contributed by atoms with Crippen LogP contribution in [0.2, 0.25) is 0 Å². The highest BCUT2D eigenvalue weighted by Crippen LogP contribution is 2.11. The maximum atomic E-state index is 11.9. The number of guanidine groups is 1. The first-order valence-corrected chi connectivity index (χ1v) is 14.1. The van der Waals surface area contributed by atoms with Crippen LogP contribution in [0.25, 0.3) is 0 Å². The van der Waals surface area contributed by atoms with E-state index >= 15 is 0 Å².